The molecule has 0 amide bonds. The van der Waals surface area contributed by atoms with E-state index in [2.05, 4.69) is 27.7 Å². The van der Waals surface area contributed by atoms with Gasteiger partial charge in [-0.25, -0.2) is 0 Å². The fourth-order valence-electron chi connectivity index (χ4n) is 8.22. The van der Waals surface area contributed by atoms with Crippen LogP contribution in [0.15, 0.2) is 0 Å². The topological polar surface area (TPSA) is 78.9 Å². The summed E-state index contributed by atoms with van der Waals surface area (Å²) >= 11 is 0. The molecule has 0 bridgehead atoms. The summed E-state index contributed by atoms with van der Waals surface area (Å²) in [6, 6.07) is 0. The van der Waals surface area contributed by atoms with E-state index in [9.17, 15) is 14.4 Å². The van der Waals surface area contributed by atoms with Gasteiger partial charge in [-0.15, -0.1) is 0 Å². The fourth-order valence-corrected chi connectivity index (χ4v) is 8.22. The van der Waals surface area contributed by atoms with Crippen LogP contribution >= 0.6 is 0 Å². The van der Waals surface area contributed by atoms with Crippen molar-refractivity contribution in [3.05, 3.63) is 0 Å². The smallest absolute Gasteiger partial charge is 0.306 e. The molecule has 0 fully saturated rings. The third kappa shape index (κ3) is 47.5. The van der Waals surface area contributed by atoms with Crippen LogP contribution in [0.3, 0.4) is 0 Å². The lowest BCUT2D eigenvalue weighted by atomic mass is 10.0. The summed E-state index contributed by atoms with van der Waals surface area (Å²) in [6.07, 6.45) is 50.9. The van der Waals surface area contributed by atoms with Crippen LogP contribution in [-0.2, 0) is 28.6 Å². The molecule has 0 N–H and O–H groups in total. The SMILES string of the molecule is CCCCCCCCCCCCCCCCCCCCC(=O)O[C@@H](COC(=O)CCCCCCCCCCCCCC)COC(=O)CCCCCCCCCCCC(C)C. The van der Waals surface area contributed by atoms with Gasteiger partial charge in [-0.05, 0) is 25.2 Å². The fraction of sp³-hybridized carbons (Fsp3) is 0.944. The molecule has 0 spiro atoms. The van der Waals surface area contributed by atoms with E-state index in [-0.39, 0.29) is 31.1 Å². The van der Waals surface area contributed by atoms with Crippen molar-refractivity contribution in [2.45, 2.75) is 310 Å². The molecule has 0 saturated carbocycles. The zero-order valence-corrected chi connectivity index (χ0v) is 40.9. The first-order valence-electron chi connectivity index (χ1n) is 26.9. The van der Waals surface area contributed by atoms with Gasteiger partial charge in [0.2, 0.25) is 0 Å². The van der Waals surface area contributed by atoms with Crippen LogP contribution in [0.25, 0.3) is 0 Å². The molecule has 0 unspecified atom stereocenters. The minimum absolute atomic E-state index is 0.0628. The number of ether oxygens (including phenoxy) is 3. The number of rotatable bonds is 49. The summed E-state index contributed by atoms with van der Waals surface area (Å²) in [5.74, 6) is -0.0346. The summed E-state index contributed by atoms with van der Waals surface area (Å²) in [7, 11) is 0. The third-order valence-electron chi connectivity index (χ3n) is 12.3. The highest BCUT2D eigenvalue weighted by Crippen LogP contribution is 2.17. The Kier molecular flexibility index (Phi) is 47.2. The molecule has 0 aromatic rings. The Morgan fingerprint density at radius 2 is 0.550 bits per heavy atom. The predicted molar refractivity (Wildman–Crippen MR) is 257 cm³/mol. The molecule has 0 heterocycles. The molecule has 0 aliphatic heterocycles. The van der Waals surface area contributed by atoms with Crippen molar-refractivity contribution in [3.63, 3.8) is 0 Å². The Bertz CT molecular complexity index is 903. The van der Waals surface area contributed by atoms with E-state index in [0.717, 1.165) is 63.7 Å². The van der Waals surface area contributed by atoms with Gasteiger partial charge >= 0.3 is 17.9 Å². The van der Waals surface area contributed by atoms with E-state index in [1.807, 2.05) is 0 Å². The average molecular weight is 849 g/mol. The van der Waals surface area contributed by atoms with E-state index < -0.39 is 6.10 Å². The highest BCUT2D eigenvalue weighted by Gasteiger charge is 2.19. The molecule has 0 radical (unpaired) electrons. The Morgan fingerprint density at radius 1 is 0.317 bits per heavy atom. The molecule has 356 valence electrons. The summed E-state index contributed by atoms with van der Waals surface area (Å²) in [5, 5.41) is 0. The number of hydrogen-bond acceptors (Lipinski definition) is 6. The van der Waals surface area contributed by atoms with Crippen molar-refractivity contribution in [2.24, 2.45) is 5.92 Å². The van der Waals surface area contributed by atoms with Crippen LogP contribution in [-0.4, -0.2) is 37.2 Å². The zero-order chi connectivity index (χ0) is 43.8. The zero-order valence-electron chi connectivity index (χ0n) is 40.9. The van der Waals surface area contributed by atoms with Crippen LogP contribution in [0, 0.1) is 5.92 Å². The lowest BCUT2D eigenvalue weighted by molar-refractivity contribution is -0.167. The minimum atomic E-state index is -0.761. The Hall–Kier alpha value is -1.59. The van der Waals surface area contributed by atoms with Gasteiger partial charge in [-0.1, -0.05) is 265 Å². The molecule has 0 rings (SSSR count). The number of esters is 3. The minimum Gasteiger partial charge on any atom is -0.462 e. The number of carbonyl (C=O) groups is 3. The Balaban J connectivity index is 4.28. The van der Waals surface area contributed by atoms with Crippen molar-refractivity contribution in [1.82, 2.24) is 0 Å². The maximum absolute atomic E-state index is 12.8. The van der Waals surface area contributed by atoms with E-state index >= 15 is 0 Å². The van der Waals surface area contributed by atoms with Crippen molar-refractivity contribution >= 4 is 17.9 Å². The largest absolute Gasteiger partial charge is 0.462 e. The molecule has 0 saturated heterocycles. The first-order valence-corrected chi connectivity index (χ1v) is 26.9. The van der Waals surface area contributed by atoms with Gasteiger partial charge in [-0.2, -0.15) is 0 Å². The molecule has 6 nitrogen and oxygen atoms in total. The maximum atomic E-state index is 12.8. The average Bonchev–Trinajstić information content (AvgIpc) is 3.23. The van der Waals surface area contributed by atoms with Crippen molar-refractivity contribution in [1.29, 1.82) is 0 Å². The number of unbranched alkanes of at least 4 members (excludes halogenated alkanes) is 36. The summed E-state index contributed by atoms with van der Waals surface area (Å²) < 4.78 is 16.8. The van der Waals surface area contributed by atoms with Crippen LogP contribution in [0.1, 0.15) is 304 Å². The van der Waals surface area contributed by atoms with Crippen LogP contribution < -0.4 is 0 Å². The maximum Gasteiger partial charge on any atom is 0.306 e. The van der Waals surface area contributed by atoms with Gasteiger partial charge in [0.05, 0.1) is 0 Å². The number of carbonyl (C=O) groups excluding carboxylic acids is 3. The van der Waals surface area contributed by atoms with Crippen molar-refractivity contribution in [2.75, 3.05) is 13.2 Å². The first-order chi connectivity index (χ1) is 29.4. The van der Waals surface area contributed by atoms with Gasteiger partial charge in [0.1, 0.15) is 13.2 Å². The molecule has 0 aliphatic carbocycles. The Morgan fingerprint density at radius 3 is 0.817 bits per heavy atom. The standard InChI is InChI=1S/C54H104O6/c1-5-7-9-11-13-15-17-19-20-21-22-23-24-26-30-35-39-43-47-54(57)60-51(48-58-52(55)45-41-37-33-29-25-18-16-14-12-10-8-6-2)49-59-53(56)46-42-38-34-31-27-28-32-36-40-44-50(3)4/h50-51H,5-49H2,1-4H3/t51-/m0/s1. The molecule has 6 heteroatoms. The van der Waals surface area contributed by atoms with Crippen LogP contribution in [0.4, 0.5) is 0 Å². The first kappa shape index (κ1) is 58.4. The molecular weight excluding hydrogens is 745 g/mol. The van der Waals surface area contributed by atoms with Gasteiger partial charge in [0, 0.05) is 19.3 Å². The summed E-state index contributed by atoms with van der Waals surface area (Å²) in [6.45, 7) is 9.01. The molecule has 0 aromatic heterocycles. The van der Waals surface area contributed by atoms with Crippen molar-refractivity contribution in [3.8, 4) is 0 Å². The highest BCUT2D eigenvalue weighted by molar-refractivity contribution is 5.71. The third-order valence-corrected chi connectivity index (χ3v) is 12.3. The monoisotopic (exact) mass is 849 g/mol. The van der Waals surface area contributed by atoms with Crippen LogP contribution in [0.2, 0.25) is 0 Å². The van der Waals surface area contributed by atoms with Gasteiger partial charge in [0.25, 0.3) is 0 Å². The molecule has 60 heavy (non-hydrogen) atoms. The van der Waals surface area contributed by atoms with Gasteiger partial charge in [0.15, 0.2) is 6.10 Å². The predicted octanol–water partition coefficient (Wildman–Crippen LogP) is 17.5. The Labute approximate surface area is 374 Å². The second-order valence-corrected chi connectivity index (χ2v) is 19.0. The molecular formula is C54H104O6. The normalized spacial score (nSPS) is 11.9. The lowest BCUT2D eigenvalue weighted by Crippen LogP contribution is -2.30. The van der Waals surface area contributed by atoms with E-state index in [0.29, 0.717) is 19.3 Å². The van der Waals surface area contributed by atoms with E-state index in [1.165, 1.54) is 199 Å². The van der Waals surface area contributed by atoms with Gasteiger partial charge < -0.3 is 14.2 Å². The van der Waals surface area contributed by atoms with Crippen molar-refractivity contribution < 1.29 is 28.6 Å². The second kappa shape index (κ2) is 48.4. The number of hydrogen-bond donors (Lipinski definition) is 0. The summed E-state index contributed by atoms with van der Waals surface area (Å²) in [4.78, 5) is 38.0. The summed E-state index contributed by atoms with van der Waals surface area (Å²) in [5.41, 5.74) is 0. The molecule has 0 aliphatic rings. The molecule has 0 aromatic carbocycles. The van der Waals surface area contributed by atoms with E-state index in [1.54, 1.807) is 0 Å². The van der Waals surface area contributed by atoms with Gasteiger partial charge in [-0.3, -0.25) is 14.4 Å². The van der Waals surface area contributed by atoms with Crippen LogP contribution in [0.5, 0.6) is 0 Å². The second-order valence-electron chi connectivity index (χ2n) is 19.0. The molecule has 1 atom stereocenters. The van der Waals surface area contributed by atoms with E-state index in [4.69, 9.17) is 14.2 Å². The highest BCUT2D eigenvalue weighted by atomic mass is 16.6. The lowest BCUT2D eigenvalue weighted by Gasteiger charge is -2.18. The quantitative estimate of drug-likeness (QED) is 0.0345.